The van der Waals surface area contributed by atoms with Gasteiger partial charge in [-0.15, -0.1) is 0 Å². The highest BCUT2D eigenvalue weighted by atomic mass is 32.2. The molecule has 0 aliphatic rings. The van der Waals surface area contributed by atoms with Gasteiger partial charge in [-0.05, 0) is 18.2 Å². The van der Waals surface area contributed by atoms with Gasteiger partial charge in [0.2, 0.25) is 11.7 Å². The molecule has 3 aromatic rings. The minimum absolute atomic E-state index is 0.312. The Kier molecular flexibility index (Phi) is 6.88. The normalized spacial score (nSPS) is 11.3. The van der Waals surface area contributed by atoms with E-state index >= 15 is 0 Å². The topological polar surface area (TPSA) is 130 Å². The monoisotopic (exact) mass is 430 g/mol. The van der Waals surface area contributed by atoms with Crippen molar-refractivity contribution in [1.29, 1.82) is 0 Å². The molecule has 0 spiro atoms. The fourth-order valence-electron chi connectivity index (χ4n) is 2.68. The lowest BCUT2D eigenvalue weighted by Crippen LogP contribution is -2.06. The van der Waals surface area contributed by atoms with E-state index < -0.39 is 11.3 Å². The summed E-state index contributed by atoms with van der Waals surface area (Å²) in [7, 11) is 4.59. The van der Waals surface area contributed by atoms with E-state index in [1.54, 1.807) is 48.7 Å². The molecule has 1 atom stereocenters. The van der Waals surface area contributed by atoms with Crippen LogP contribution >= 0.6 is 0 Å². The summed E-state index contributed by atoms with van der Waals surface area (Å²) in [5, 5.41) is 6.16. The summed E-state index contributed by atoms with van der Waals surface area (Å²) < 4.78 is 40.3. The van der Waals surface area contributed by atoms with Crippen LogP contribution in [0, 0.1) is 0 Å². The molecule has 0 amide bonds. The summed E-state index contributed by atoms with van der Waals surface area (Å²) in [4.78, 5) is 8.62. The molecule has 3 N–H and O–H groups in total. The molecular formula is C19H20N5O5S-. The summed E-state index contributed by atoms with van der Waals surface area (Å²) in [6.45, 7) is 0. The SMILES string of the molecule is COc1cc(Nc2nccc(Nc3ccccc3NS(=O)[O-])n2)cc(OC)c1OC. The summed E-state index contributed by atoms with van der Waals surface area (Å²) in [5.74, 6) is 2.22. The molecule has 3 rings (SSSR count). The Bertz CT molecular complexity index is 1020. The van der Waals surface area contributed by atoms with Gasteiger partial charge in [0, 0.05) is 35.3 Å². The quantitative estimate of drug-likeness (QED) is 0.438. The van der Waals surface area contributed by atoms with Gasteiger partial charge in [-0.3, -0.25) is 4.21 Å². The number of nitrogens with one attached hydrogen (secondary N) is 3. The molecule has 30 heavy (non-hydrogen) atoms. The van der Waals surface area contributed by atoms with Crippen molar-refractivity contribution in [3.05, 3.63) is 48.7 Å². The first kappa shape index (κ1) is 21.1. The second-order valence-electron chi connectivity index (χ2n) is 5.81. The number of hydrogen-bond donors (Lipinski definition) is 3. The standard InChI is InChI=1S/C19H21N5O5S/c1-27-15-10-12(11-16(28-2)18(15)29-3)21-19-20-9-8-17(23-19)22-13-6-4-5-7-14(13)24-30(25)26/h4-11,24H,1-3H3,(H,25,26)(H2,20,21,22,23)/p-1. The Morgan fingerprint density at radius 3 is 2.20 bits per heavy atom. The number of rotatable bonds is 9. The maximum Gasteiger partial charge on any atom is 0.229 e. The lowest BCUT2D eigenvalue weighted by molar-refractivity contribution is 0.324. The fraction of sp³-hybridized carbons (Fsp3) is 0.158. The van der Waals surface area contributed by atoms with Crippen LogP contribution in [-0.2, 0) is 11.3 Å². The molecule has 1 heterocycles. The maximum absolute atomic E-state index is 11.0. The Labute approximate surface area is 176 Å². The van der Waals surface area contributed by atoms with Crippen molar-refractivity contribution in [2.24, 2.45) is 0 Å². The molecule has 0 saturated carbocycles. The van der Waals surface area contributed by atoms with Gasteiger partial charge in [0.1, 0.15) is 5.82 Å². The van der Waals surface area contributed by atoms with Gasteiger partial charge in [0.25, 0.3) is 0 Å². The van der Waals surface area contributed by atoms with Crippen LogP contribution in [-0.4, -0.2) is 40.1 Å². The third-order valence-electron chi connectivity index (χ3n) is 3.96. The van der Waals surface area contributed by atoms with E-state index in [-0.39, 0.29) is 0 Å². The molecule has 0 aliphatic heterocycles. The third-order valence-corrected chi connectivity index (χ3v) is 4.35. The summed E-state index contributed by atoms with van der Waals surface area (Å²) in [5.41, 5.74) is 1.56. The number of nitrogens with zero attached hydrogens (tertiary/aromatic N) is 2. The van der Waals surface area contributed by atoms with E-state index in [0.29, 0.717) is 46.1 Å². The van der Waals surface area contributed by atoms with Gasteiger partial charge in [-0.2, -0.15) is 4.98 Å². The van der Waals surface area contributed by atoms with Gasteiger partial charge >= 0.3 is 0 Å². The first-order valence-corrected chi connectivity index (χ1v) is 9.73. The first-order chi connectivity index (χ1) is 14.5. The van der Waals surface area contributed by atoms with Gasteiger partial charge in [-0.1, -0.05) is 12.1 Å². The molecule has 0 saturated heterocycles. The zero-order valence-electron chi connectivity index (χ0n) is 16.5. The van der Waals surface area contributed by atoms with E-state index in [1.165, 1.54) is 21.3 Å². The minimum Gasteiger partial charge on any atom is -0.755 e. The Balaban J connectivity index is 1.84. The van der Waals surface area contributed by atoms with Crippen molar-refractivity contribution in [3.8, 4) is 17.2 Å². The zero-order valence-corrected chi connectivity index (χ0v) is 17.3. The van der Waals surface area contributed by atoms with Crippen LogP contribution in [0.2, 0.25) is 0 Å². The molecule has 1 aromatic heterocycles. The van der Waals surface area contributed by atoms with Crippen LogP contribution in [0.4, 0.5) is 28.8 Å². The van der Waals surface area contributed by atoms with Crippen molar-refractivity contribution >= 4 is 40.1 Å². The number of anilines is 5. The highest BCUT2D eigenvalue weighted by Gasteiger charge is 2.14. The van der Waals surface area contributed by atoms with E-state index in [1.807, 2.05) is 0 Å². The third kappa shape index (κ3) is 5.07. The number of ether oxygens (including phenoxy) is 3. The molecule has 1 unspecified atom stereocenters. The number of aromatic nitrogens is 2. The van der Waals surface area contributed by atoms with Crippen LogP contribution in [0.1, 0.15) is 0 Å². The number of benzene rings is 2. The first-order valence-electron chi connectivity index (χ1n) is 8.66. The minimum atomic E-state index is -2.44. The highest BCUT2D eigenvalue weighted by Crippen LogP contribution is 2.40. The lowest BCUT2D eigenvalue weighted by Gasteiger charge is -2.16. The van der Waals surface area contributed by atoms with Crippen molar-refractivity contribution in [3.63, 3.8) is 0 Å². The number of methoxy groups -OCH3 is 3. The van der Waals surface area contributed by atoms with Crippen LogP contribution in [0.15, 0.2) is 48.7 Å². The maximum atomic E-state index is 11.0. The second kappa shape index (κ2) is 9.76. The molecule has 0 fully saturated rings. The van der Waals surface area contributed by atoms with Crippen LogP contribution in [0.3, 0.4) is 0 Å². The average molecular weight is 430 g/mol. The van der Waals surface area contributed by atoms with E-state index in [0.717, 1.165) is 0 Å². The van der Waals surface area contributed by atoms with E-state index in [4.69, 9.17) is 14.2 Å². The Hall–Kier alpha value is -3.57. The Morgan fingerprint density at radius 2 is 1.60 bits per heavy atom. The molecular weight excluding hydrogens is 410 g/mol. The van der Waals surface area contributed by atoms with Crippen LogP contribution < -0.4 is 29.6 Å². The number of para-hydroxylation sites is 2. The lowest BCUT2D eigenvalue weighted by atomic mass is 10.2. The summed E-state index contributed by atoms with van der Waals surface area (Å²) in [6, 6.07) is 12.0. The van der Waals surface area contributed by atoms with Gasteiger partial charge in [-0.25, -0.2) is 4.98 Å². The highest BCUT2D eigenvalue weighted by molar-refractivity contribution is 7.80. The van der Waals surface area contributed by atoms with Crippen molar-refractivity contribution in [2.45, 2.75) is 0 Å². The van der Waals surface area contributed by atoms with Crippen molar-refractivity contribution in [2.75, 3.05) is 36.7 Å². The largest absolute Gasteiger partial charge is 0.755 e. The molecule has 10 nitrogen and oxygen atoms in total. The average Bonchev–Trinajstić information content (AvgIpc) is 2.74. The van der Waals surface area contributed by atoms with Crippen LogP contribution in [0.5, 0.6) is 17.2 Å². The molecule has 0 aliphatic carbocycles. The molecule has 11 heteroatoms. The van der Waals surface area contributed by atoms with Crippen molar-refractivity contribution in [1.82, 2.24) is 9.97 Å². The van der Waals surface area contributed by atoms with E-state index in [2.05, 4.69) is 25.3 Å². The van der Waals surface area contributed by atoms with Crippen LogP contribution in [0.25, 0.3) is 0 Å². The summed E-state index contributed by atoms with van der Waals surface area (Å²) >= 11 is -2.44. The predicted octanol–water partition coefficient (Wildman–Crippen LogP) is 3.20. The van der Waals surface area contributed by atoms with Gasteiger partial charge in [0.05, 0.1) is 32.7 Å². The molecule has 2 aromatic carbocycles. The smallest absolute Gasteiger partial charge is 0.229 e. The van der Waals surface area contributed by atoms with Gasteiger partial charge in [0.15, 0.2) is 11.5 Å². The molecule has 0 bridgehead atoms. The van der Waals surface area contributed by atoms with E-state index in [9.17, 15) is 8.76 Å². The second-order valence-corrected chi connectivity index (χ2v) is 6.49. The number of hydrogen-bond acceptors (Lipinski definition) is 9. The predicted molar refractivity (Wildman–Crippen MR) is 114 cm³/mol. The van der Waals surface area contributed by atoms with Crippen molar-refractivity contribution < 1.29 is 23.0 Å². The Morgan fingerprint density at radius 1 is 0.933 bits per heavy atom. The van der Waals surface area contributed by atoms with Gasteiger partial charge < -0.3 is 34.1 Å². The molecule has 158 valence electrons. The molecule has 0 radical (unpaired) electrons. The zero-order chi connectivity index (χ0) is 21.5. The fourth-order valence-corrected chi connectivity index (χ4v) is 3.04. The summed E-state index contributed by atoms with van der Waals surface area (Å²) in [6.07, 6.45) is 1.57.